The van der Waals surface area contributed by atoms with Gasteiger partial charge >= 0.3 is 5.97 Å². The zero-order valence-corrected chi connectivity index (χ0v) is 27.3. The number of aliphatic carboxylic acids is 1. The molecule has 0 aromatic heterocycles. The summed E-state index contributed by atoms with van der Waals surface area (Å²) in [6.07, 6.45) is 5.06. The molecule has 0 bridgehead atoms. The van der Waals surface area contributed by atoms with Crippen LogP contribution in [-0.4, -0.2) is 74.4 Å². The van der Waals surface area contributed by atoms with Crippen LogP contribution < -0.4 is 0 Å². The van der Waals surface area contributed by atoms with E-state index < -0.39 is 41.6 Å². The van der Waals surface area contributed by atoms with Crippen molar-refractivity contribution in [1.82, 2.24) is 0 Å². The van der Waals surface area contributed by atoms with Crippen LogP contribution in [0, 0.1) is 50.7 Å². The maximum Gasteiger partial charge on any atom is 0.310 e. The summed E-state index contributed by atoms with van der Waals surface area (Å²) in [5.41, 5.74) is -1.16. The van der Waals surface area contributed by atoms with E-state index in [-0.39, 0.29) is 46.2 Å². The predicted molar refractivity (Wildman–Crippen MR) is 161 cm³/mol. The van der Waals surface area contributed by atoms with Gasteiger partial charge in [0.15, 0.2) is 6.29 Å². The number of fused-ring (bicyclic) bond motifs is 7. The summed E-state index contributed by atoms with van der Waals surface area (Å²) in [7, 11) is 0. The number of aliphatic hydroxyl groups is 4. The molecule has 0 amide bonds. The van der Waals surface area contributed by atoms with Crippen molar-refractivity contribution in [2.24, 2.45) is 50.7 Å². The molecule has 5 N–H and O–H groups in total. The van der Waals surface area contributed by atoms with Crippen molar-refractivity contribution in [2.45, 2.75) is 143 Å². The number of carboxylic acid groups (broad SMARTS) is 1. The summed E-state index contributed by atoms with van der Waals surface area (Å²) in [6.45, 7) is 15.8. The monoisotopic (exact) mass is 604 g/mol. The van der Waals surface area contributed by atoms with E-state index in [9.17, 15) is 30.3 Å². The molecule has 1 aliphatic heterocycles. The first-order chi connectivity index (χ1) is 19.9. The zero-order valence-electron chi connectivity index (χ0n) is 27.3. The third-order valence-electron chi connectivity index (χ3n) is 15.2. The third-order valence-corrected chi connectivity index (χ3v) is 15.2. The Labute approximate surface area is 257 Å². The number of carbonyl (C=O) groups is 1. The summed E-state index contributed by atoms with van der Waals surface area (Å²) < 4.78 is 12.1. The Hall–Kier alpha value is -1.03. The molecule has 14 atom stereocenters. The quantitative estimate of drug-likeness (QED) is 0.232. The molecule has 0 aromatic rings. The fraction of sp³-hybridized carbons (Fsp3) is 0.914. The van der Waals surface area contributed by atoms with Crippen LogP contribution in [0.3, 0.4) is 0 Å². The van der Waals surface area contributed by atoms with Crippen molar-refractivity contribution in [3.05, 3.63) is 11.6 Å². The minimum atomic E-state index is -1.30. The lowest BCUT2D eigenvalue weighted by molar-refractivity contribution is -0.308. The Morgan fingerprint density at radius 3 is 2.28 bits per heavy atom. The van der Waals surface area contributed by atoms with Gasteiger partial charge in [-0.05, 0) is 104 Å². The van der Waals surface area contributed by atoms with E-state index in [1.807, 2.05) is 6.92 Å². The predicted octanol–water partition coefficient (Wildman–Crippen LogP) is 4.67. The number of aliphatic hydroxyl groups excluding tert-OH is 3. The van der Waals surface area contributed by atoms with Gasteiger partial charge in [0, 0.05) is 5.92 Å². The number of ether oxygens (including phenoxy) is 2. The van der Waals surface area contributed by atoms with Gasteiger partial charge in [-0.3, -0.25) is 4.79 Å². The molecule has 244 valence electrons. The minimum Gasteiger partial charge on any atom is -0.481 e. The summed E-state index contributed by atoms with van der Waals surface area (Å²) in [5, 5.41) is 53.4. The molecule has 6 rings (SSSR count). The van der Waals surface area contributed by atoms with Gasteiger partial charge in [-0.1, -0.05) is 53.2 Å². The van der Waals surface area contributed by atoms with Crippen LogP contribution in [0.25, 0.3) is 0 Å². The molecular weight excluding hydrogens is 548 g/mol. The van der Waals surface area contributed by atoms with Crippen molar-refractivity contribution in [3.8, 4) is 0 Å². The molecule has 5 fully saturated rings. The Kier molecular flexibility index (Phi) is 7.41. The van der Waals surface area contributed by atoms with Crippen molar-refractivity contribution in [1.29, 1.82) is 0 Å². The van der Waals surface area contributed by atoms with E-state index in [0.717, 1.165) is 44.9 Å². The normalized spacial score (nSPS) is 56.1. The van der Waals surface area contributed by atoms with Crippen LogP contribution in [0.1, 0.15) is 106 Å². The molecule has 0 aromatic carbocycles. The fourth-order valence-corrected chi connectivity index (χ4v) is 12.1. The highest BCUT2D eigenvalue weighted by Crippen LogP contribution is 2.76. The molecule has 5 aliphatic carbocycles. The number of hydrogen-bond acceptors (Lipinski definition) is 7. The van der Waals surface area contributed by atoms with Gasteiger partial charge in [-0.15, -0.1) is 0 Å². The Bertz CT molecular complexity index is 1160. The summed E-state index contributed by atoms with van der Waals surface area (Å²) >= 11 is 0. The van der Waals surface area contributed by atoms with Crippen molar-refractivity contribution in [2.75, 3.05) is 6.61 Å². The zero-order chi connectivity index (χ0) is 31.5. The second-order valence-corrected chi connectivity index (χ2v) is 17.1. The Morgan fingerprint density at radius 2 is 1.60 bits per heavy atom. The smallest absolute Gasteiger partial charge is 0.310 e. The van der Waals surface area contributed by atoms with Gasteiger partial charge in [0.2, 0.25) is 0 Å². The van der Waals surface area contributed by atoms with Crippen LogP contribution in [-0.2, 0) is 14.3 Å². The third kappa shape index (κ3) is 4.11. The summed E-state index contributed by atoms with van der Waals surface area (Å²) in [4.78, 5) is 13.0. The molecule has 4 saturated carbocycles. The second kappa shape index (κ2) is 9.98. The van der Waals surface area contributed by atoms with Gasteiger partial charge in [-0.25, -0.2) is 0 Å². The average Bonchev–Trinajstić information content (AvgIpc) is 2.92. The van der Waals surface area contributed by atoms with Crippen LogP contribution in [0.4, 0.5) is 0 Å². The number of rotatable bonds is 3. The molecule has 1 heterocycles. The fourth-order valence-electron chi connectivity index (χ4n) is 12.1. The van der Waals surface area contributed by atoms with Gasteiger partial charge in [-0.2, -0.15) is 0 Å². The van der Waals surface area contributed by atoms with Crippen LogP contribution in [0.15, 0.2) is 11.6 Å². The molecule has 6 aliphatic rings. The van der Waals surface area contributed by atoms with E-state index in [4.69, 9.17) is 9.47 Å². The van der Waals surface area contributed by atoms with Crippen molar-refractivity contribution in [3.63, 3.8) is 0 Å². The van der Waals surface area contributed by atoms with Crippen LogP contribution >= 0.6 is 0 Å². The lowest BCUT2D eigenvalue weighted by atomic mass is 9.33. The molecule has 0 spiro atoms. The van der Waals surface area contributed by atoms with E-state index in [2.05, 4.69) is 47.6 Å². The highest BCUT2D eigenvalue weighted by Gasteiger charge is 2.71. The maximum atomic E-state index is 13.0. The van der Waals surface area contributed by atoms with E-state index in [1.165, 1.54) is 5.57 Å². The number of carboxylic acids is 1. The van der Waals surface area contributed by atoms with E-state index in [0.29, 0.717) is 24.7 Å². The molecule has 43 heavy (non-hydrogen) atoms. The van der Waals surface area contributed by atoms with Crippen LogP contribution in [0.5, 0.6) is 0 Å². The SMILES string of the molecule is CC1CC[C@]2(C(=O)O)CCC3(C)C(=CCC4[C@@]5(C)CC[C@H](O[C@@H]6OC[C@@H](O)[C@@H](O)[C@H]6O)C(C)(C)C5CC[C@]43C)[C@@H]2[C@]1(C)O. The Morgan fingerprint density at radius 1 is 0.907 bits per heavy atom. The molecule has 8 heteroatoms. The number of allylic oxidation sites excluding steroid dienone is 1. The second-order valence-electron chi connectivity index (χ2n) is 17.1. The molecule has 4 unspecified atom stereocenters. The van der Waals surface area contributed by atoms with E-state index >= 15 is 0 Å². The van der Waals surface area contributed by atoms with Crippen molar-refractivity contribution < 1.29 is 39.8 Å². The minimum absolute atomic E-state index is 0.0313. The lowest BCUT2D eigenvalue weighted by Crippen LogP contribution is -2.68. The Balaban J connectivity index is 1.33. The first kappa shape index (κ1) is 31.9. The largest absolute Gasteiger partial charge is 0.481 e. The van der Waals surface area contributed by atoms with Crippen molar-refractivity contribution >= 4 is 5.97 Å². The first-order valence-corrected chi connectivity index (χ1v) is 16.9. The molecule has 8 nitrogen and oxygen atoms in total. The van der Waals surface area contributed by atoms with Gasteiger partial charge < -0.3 is 35.0 Å². The molecule has 0 radical (unpaired) electrons. The van der Waals surface area contributed by atoms with Gasteiger partial charge in [0.05, 0.1) is 23.7 Å². The topological polar surface area (TPSA) is 137 Å². The van der Waals surface area contributed by atoms with Gasteiger partial charge in [0.25, 0.3) is 0 Å². The summed E-state index contributed by atoms with van der Waals surface area (Å²) in [6, 6.07) is 0. The average molecular weight is 605 g/mol. The number of hydrogen-bond donors (Lipinski definition) is 5. The molecule has 1 saturated heterocycles. The van der Waals surface area contributed by atoms with E-state index in [1.54, 1.807) is 0 Å². The highest BCUT2D eigenvalue weighted by atomic mass is 16.7. The first-order valence-electron chi connectivity index (χ1n) is 16.9. The standard InChI is InChI=1S/C35H56O8/c1-19-10-15-35(29(39)40)17-16-32(5)20(27(35)34(19,7)41)8-9-23-31(4)13-12-24(30(2,3)22(31)11-14-33(23,32)6)43-28-26(38)25(37)21(36)18-42-28/h8,19,21-28,36-38,41H,9-18H2,1-7H3,(H,39,40)/t19?,21-,22?,23?,24+,25-,26-,27-,28+,31+,32?,33-,34-,35+/m1/s1. The highest BCUT2D eigenvalue weighted by molar-refractivity contribution is 5.77. The molecular formula is C35H56O8. The van der Waals surface area contributed by atoms with Gasteiger partial charge in [0.1, 0.15) is 18.3 Å². The maximum absolute atomic E-state index is 13.0. The lowest BCUT2D eigenvalue weighted by Gasteiger charge is -2.72. The summed E-state index contributed by atoms with van der Waals surface area (Å²) in [5.74, 6) is -0.306. The van der Waals surface area contributed by atoms with Crippen LogP contribution in [0.2, 0.25) is 0 Å².